The molecule has 4 rings (SSSR count). The van der Waals surface area contributed by atoms with Crippen LogP contribution >= 0.6 is 46.4 Å². The van der Waals surface area contributed by atoms with E-state index in [0.29, 0.717) is 33.2 Å². The average Bonchev–Trinajstić information content (AvgIpc) is 3.41. The van der Waals surface area contributed by atoms with Crippen molar-refractivity contribution in [1.82, 2.24) is 30.0 Å². The summed E-state index contributed by atoms with van der Waals surface area (Å²) in [5, 5.41) is 18.8. The molecule has 0 fully saturated rings. The number of aromatic nitrogens is 6. The third-order valence-electron chi connectivity index (χ3n) is 4.54. The minimum Gasteiger partial charge on any atom is -0.361 e. The molecule has 7 nitrogen and oxygen atoms in total. The molecule has 0 saturated carbocycles. The summed E-state index contributed by atoms with van der Waals surface area (Å²) in [6.45, 7) is 0.644. The summed E-state index contributed by atoms with van der Waals surface area (Å²) in [6.07, 6.45) is 5.38. The lowest BCUT2D eigenvalue weighted by Gasteiger charge is -2.26. The largest absolute Gasteiger partial charge is 0.361 e. The van der Waals surface area contributed by atoms with E-state index >= 15 is 0 Å². The second-order valence-corrected chi connectivity index (χ2v) is 8.30. The molecule has 31 heavy (non-hydrogen) atoms. The molecule has 2 heterocycles. The van der Waals surface area contributed by atoms with E-state index in [1.807, 2.05) is 12.1 Å². The first-order valence-electron chi connectivity index (χ1n) is 9.23. The maximum atomic E-state index is 6.55. The smallest absolute Gasteiger partial charge is 0.106 e. The first-order valence-corrected chi connectivity index (χ1v) is 10.7. The molecule has 0 spiro atoms. The Morgan fingerprint density at radius 1 is 0.645 bits per heavy atom. The van der Waals surface area contributed by atoms with Crippen LogP contribution in [-0.4, -0.2) is 30.0 Å². The van der Waals surface area contributed by atoms with Gasteiger partial charge >= 0.3 is 0 Å². The van der Waals surface area contributed by atoms with Gasteiger partial charge in [0.05, 0.1) is 37.9 Å². The van der Waals surface area contributed by atoms with Gasteiger partial charge in [-0.2, -0.15) is 30.0 Å². The number of hydrogen-bond acceptors (Lipinski definition) is 5. The zero-order chi connectivity index (χ0) is 21.8. The molecule has 0 aliphatic carbocycles. The molecular formula is C20H16Cl4N6O. The van der Waals surface area contributed by atoms with Gasteiger partial charge in [-0.25, -0.2) is 0 Å². The number of rotatable bonds is 8. The molecule has 0 aliphatic heterocycles. The van der Waals surface area contributed by atoms with E-state index < -0.39 is 12.2 Å². The van der Waals surface area contributed by atoms with E-state index in [0.717, 1.165) is 11.1 Å². The third-order valence-corrected chi connectivity index (χ3v) is 5.66. The highest BCUT2D eigenvalue weighted by Gasteiger charge is 2.26. The van der Waals surface area contributed by atoms with Crippen LogP contribution in [0.3, 0.4) is 0 Å². The highest BCUT2D eigenvalue weighted by Crippen LogP contribution is 2.36. The molecular weight excluding hydrogens is 482 g/mol. The molecule has 0 saturated heterocycles. The molecule has 2 aromatic carbocycles. The molecule has 0 radical (unpaired) electrons. The van der Waals surface area contributed by atoms with Crippen molar-refractivity contribution in [2.45, 2.75) is 25.3 Å². The van der Waals surface area contributed by atoms with Gasteiger partial charge in [0, 0.05) is 31.2 Å². The van der Waals surface area contributed by atoms with Crippen LogP contribution in [0.2, 0.25) is 20.1 Å². The van der Waals surface area contributed by atoms with Gasteiger partial charge in [0.25, 0.3) is 0 Å². The Morgan fingerprint density at radius 2 is 1.03 bits per heavy atom. The lowest BCUT2D eigenvalue weighted by Crippen LogP contribution is -2.22. The molecule has 160 valence electrons. The summed E-state index contributed by atoms with van der Waals surface area (Å²) in [4.78, 5) is 3.06. The number of benzene rings is 2. The zero-order valence-corrected chi connectivity index (χ0v) is 19.0. The van der Waals surface area contributed by atoms with Gasteiger partial charge in [0.15, 0.2) is 0 Å². The van der Waals surface area contributed by atoms with Crippen molar-refractivity contribution in [3.8, 4) is 0 Å². The fourth-order valence-corrected chi connectivity index (χ4v) is 4.19. The van der Waals surface area contributed by atoms with Gasteiger partial charge < -0.3 is 4.74 Å². The Morgan fingerprint density at radius 3 is 1.39 bits per heavy atom. The first-order chi connectivity index (χ1) is 15.0. The van der Waals surface area contributed by atoms with E-state index in [4.69, 9.17) is 51.1 Å². The van der Waals surface area contributed by atoms with Crippen LogP contribution in [0.15, 0.2) is 61.2 Å². The summed E-state index contributed by atoms with van der Waals surface area (Å²) in [5.74, 6) is 0. The predicted molar refractivity (Wildman–Crippen MR) is 120 cm³/mol. The van der Waals surface area contributed by atoms with Crippen molar-refractivity contribution in [3.05, 3.63) is 92.4 Å². The van der Waals surface area contributed by atoms with E-state index in [1.165, 1.54) is 9.59 Å². The Balaban J connectivity index is 1.71. The lowest BCUT2D eigenvalue weighted by atomic mass is 10.1. The molecule has 2 aromatic heterocycles. The van der Waals surface area contributed by atoms with Crippen molar-refractivity contribution >= 4 is 46.4 Å². The van der Waals surface area contributed by atoms with Crippen molar-refractivity contribution in [2.24, 2.45) is 0 Å². The van der Waals surface area contributed by atoms with Crippen molar-refractivity contribution in [2.75, 3.05) is 0 Å². The summed E-state index contributed by atoms with van der Waals surface area (Å²) in [7, 11) is 0. The zero-order valence-electron chi connectivity index (χ0n) is 15.9. The van der Waals surface area contributed by atoms with Gasteiger partial charge in [-0.05, 0) is 24.3 Å². The van der Waals surface area contributed by atoms with Gasteiger partial charge in [0.1, 0.15) is 12.2 Å². The normalized spacial score (nSPS) is 13.3. The molecule has 0 amide bonds. The summed E-state index contributed by atoms with van der Waals surface area (Å²) >= 11 is 25.2. The minimum atomic E-state index is -0.510. The monoisotopic (exact) mass is 496 g/mol. The Kier molecular flexibility index (Phi) is 7.09. The Hall–Kier alpha value is -2.16. The molecule has 0 unspecified atom stereocenters. The second-order valence-electron chi connectivity index (χ2n) is 6.61. The van der Waals surface area contributed by atoms with Gasteiger partial charge in [-0.15, -0.1) is 0 Å². The highest BCUT2D eigenvalue weighted by molar-refractivity contribution is 6.35. The lowest BCUT2D eigenvalue weighted by molar-refractivity contribution is -0.0391. The van der Waals surface area contributed by atoms with Crippen LogP contribution in [0, 0.1) is 0 Å². The Bertz CT molecular complexity index is 1050. The quantitative estimate of drug-likeness (QED) is 0.313. The van der Waals surface area contributed by atoms with Gasteiger partial charge in [-0.3, -0.25) is 0 Å². The van der Waals surface area contributed by atoms with Crippen LogP contribution in [0.4, 0.5) is 0 Å². The first kappa shape index (κ1) is 22.0. The Labute approximate surface area is 198 Å². The SMILES string of the molecule is Clc1ccc([C@H](Cn2nccn2)O[C@@H](Cn2nccn2)c2ccc(Cl)cc2Cl)c(Cl)c1. The predicted octanol–water partition coefficient (Wildman–Crippen LogP) is 5.68. The summed E-state index contributed by atoms with van der Waals surface area (Å²) in [5.41, 5.74) is 1.48. The number of nitrogens with zero attached hydrogens (tertiary/aromatic N) is 6. The van der Waals surface area contributed by atoms with Crippen LogP contribution < -0.4 is 0 Å². The van der Waals surface area contributed by atoms with Crippen LogP contribution in [0.5, 0.6) is 0 Å². The molecule has 11 heteroatoms. The molecule has 0 aliphatic rings. The molecule has 0 bridgehead atoms. The number of ether oxygens (including phenoxy) is 1. The summed E-state index contributed by atoms with van der Waals surface area (Å²) < 4.78 is 6.55. The molecule has 0 N–H and O–H groups in total. The van der Waals surface area contributed by atoms with Gasteiger partial charge in [-0.1, -0.05) is 58.5 Å². The number of halogens is 4. The third kappa shape index (κ3) is 5.56. The number of hydrogen-bond donors (Lipinski definition) is 0. The fraction of sp³-hybridized carbons (Fsp3) is 0.200. The maximum Gasteiger partial charge on any atom is 0.106 e. The van der Waals surface area contributed by atoms with Crippen molar-refractivity contribution < 1.29 is 4.74 Å². The van der Waals surface area contributed by atoms with E-state index in [9.17, 15) is 0 Å². The van der Waals surface area contributed by atoms with E-state index in [1.54, 1.807) is 49.1 Å². The van der Waals surface area contributed by atoms with Gasteiger partial charge in [0.2, 0.25) is 0 Å². The molecule has 4 aromatic rings. The standard InChI is InChI=1S/C20H16Cl4N6O/c21-13-1-3-15(17(23)9-13)19(11-29-25-5-6-26-29)31-20(12-30-27-7-8-28-30)16-4-2-14(22)10-18(16)24/h1-10,19-20H,11-12H2/t19-,20-/m0/s1. The van der Waals surface area contributed by atoms with Crippen LogP contribution in [0.1, 0.15) is 23.3 Å². The van der Waals surface area contributed by atoms with Crippen molar-refractivity contribution in [3.63, 3.8) is 0 Å². The van der Waals surface area contributed by atoms with E-state index in [-0.39, 0.29) is 0 Å². The van der Waals surface area contributed by atoms with E-state index in [2.05, 4.69) is 20.4 Å². The second kappa shape index (κ2) is 9.97. The summed E-state index contributed by atoms with van der Waals surface area (Å²) in [6, 6.07) is 10.5. The maximum absolute atomic E-state index is 6.55. The van der Waals surface area contributed by atoms with Crippen LogP contribution in [0.25, 0.3) is 0 Å². The van der Waals surface area contributed by atoms with Crippen LogP contribution in [-0.2, 0) is 17.8 Å². The average molecular weight is 498 g/mol. The highest BCUT2D eigenvalue weighted by atomic mass is 35.5. The topological polar surface area (TPSA) is 70.7 Å². The fourth-order valence-electron chi connectivity index (χ4n) is 3.12. The minimum absolute atomic E-state index is 0.322. The molecule has 2 atom stereocenters. The van der Waals surface area contributed by atoms with Crippen molar-refractivity contribution in [1.29, 1.82) is 0 Å².